The zero-order valence-electron chi connectivity index (χ0n) is 12.1. The van der Waals surface area contributed by atoms with Gasteiger partial charge in [0.05, 0.1) is 0 Å². The molecule has 0 amide bonds. The molecule has 3 aromatic rings. The first-order valence-corrected chi connectivity index (χ1v) is 7.16. The summed E-state index contributed by atoms with van der Waals surface area (Å²) in [6, 6.07) is 27.0. The Morgan fingerprint density at radius 1 is 0.714 bits per heavy atom. The van der Waals surface area contributed by atoms with E-state index in [0.29, 0.717) is 6.61 Å². The van der Waals surface area contributed by atoms with Gasteiger partial charge in [0, 0.05) is 0 Å². The van der Waals surface area contributed by atoms with Crippen LogP contribution < -0.4 is 10.2 Å². The van der Waals surface area contributed by atoms with E-state index in [2.05, 4.69) is 62.4 Å². The van der Waals surface area contributed by atoms with Crippen LogP contribution in [-0.2, 0) is 6.61 Å². The third-order valence-electron chi connectivity index (χ3n) is 3.52. The summed E-state index contributed by atoms with van der Waals surface area (Å²) < 4.78 is 5.91. The Morgan fingerprint density at radius 2 is 1.38 bits per heavy atom. The molecule has 0 N–H and O–H groups in total. The van der Waals surface area contributed by atoms with Gasteiger partial charge in [0.15, 0.2) is 0 Å². The van der Waals surface area contributed by atoms with Crippen molar-refractivity contribution in [3.05, 3.63) is 84.4 Å². The predicted octanol–water partition coefficient (Wildman–Crippen LogP) is 3.19. The highest BCUT2D eigenvalue weighted by Gasteiger charge is 2.03. The van der Waals surface area contributed by atoms with Gasteiger partial charge in [-0.15, -0.1) is 0 Å². The van der Waals surface area contributed by atoms with Gasteiger partial charge in [-0.2, -0.15) is 0 Å². The highest BCUT2D eigenvalue weighted by Crippen LogP contribution is 2.20. The summed E-state index contributed by atoms with van der Waals surface area (Å²) in [6.07, 6.45) is 0. The maximum Gasteiger partial charge on any atom is 0.144 e. The third-order valence-corrected chi connectivity index (χ3v) is 3.52. The van der Waals surface area contributed by atoms with Crippen LogP contribution in [0.2, 0.25) is 0 Å². The Labute approximate surface area is 126 Å². The first-order chi connectivity index (χ1) is 10.3. The van der Waals surface area contributed by atoms with E-state index in [1.807, 2.05) is 24.3 Å². The second kappa shape index (κ2) is 6.32. The van der Waals surface area contributed by atoms with E-state index in [4.69, 9.17) is 4.74 Å². The van der Waals surface area contributed by atoms with Crippen LogP contribution in [0.5, 0.6) is 5.75 Å². The Kier molecular flexibility index (Phi) is 4.06. The molecule has 0 aliphatic rings. The van der Waals surface area contributed by atoms with Crippen molar-refractivity contribution in [3.63, 3.8) is 0 Å². The Hall–Kier alpha value is -2.48. The molecule has 0 atom stereocenters. The van der Waals surface area contributed by atoms with Gasteiger partial charge in [0.2, 0.25) is 0 Å². The molecule has 0 spiro atoms. The van der Waals surface area contributed by atoms with E-state index in [1.165, 1.54) is 16.7 Å². The molecular weight excluding hydrogens is 255 g/mol. The quantitative estimate of drug-likeness (QED) is 0.663. The van der Waals surface area contributed by atoms with Crippen molar-refractivity contribution >= 4 is 13.3 Å². The molecule has 0 heterocycles. The van der Waals surface area contributed by atoms with Gasteiger partial charge in [0.25, 0.3) is 0 Å². The molecule has 0 unspecified atom stereocenters. The lowest BCUT2D eigenvalue weighted by Gasteiger charge is -2.11. The van der Waals surface area contributed by atoms with Crippen molar-refractivity contribution < 1.29 is 4.74 Å². The van der Waals surface area contributed by atoms with E-state index in [0.717, 1.165) is 11.2 Å². The lowest BCUT2D eigenvalue weighted by atomic mass is 9.91. The minimum Gasteiger partial charge on any atom is -0.490 e. The van der Waals surface area contributed by atoms with E-state index >= 15 is 0 Å². The van der Waals surface area contributed by atoms with Gasteiger partial charge in [0.1, 0.15) is 20.2 Å². The fourth-order valence-electron chi connectivity index (χ4n) is 2.36. The standard InChI is InChI=1S/C19H17BO/c20-18-13-17(16-9-5-2-6-10-16)11-12-19(18)21-14-15-7-3-1-4-8-15/h1-13H,14,20H2. The van der Waals surface area contributed by atoms with Gasteiger partial charge >= 0.3 is 0 Å². The normalized spacial score (nSPS) is 10.3. The topological polar surface area (TPSA) is 9.23 Å². The molecule has 2 heteroatoms. The van der Waals surface area contributed by atoms with E-state index in [1.54, 1.807) is 0 Å². The van der Waals surface area contributed by atoms with E-state index < -0.39 is 0 Å². The summed E-state index contributed by atoms with van der Waals surface area (Å²) in [5, 5.41) is 0. The number of rotatable bonds is 4. The number of hydrogen-bond donors (Lipinski definition) is 0. The summed E-state index contributed by atoms with van der Waals surface area (Å²) in [4.78, 5) is 0. The Morgan fingerprint density at radius 3 is 2.05 bits per heavy atom. The molecule has 0 aliphatic heterocycles. The molecule has 0 radical (unpaired) electrons. The number of benzene rings is 3. The molecule has 21 heavy (non-hydrogen) atoms. The molecule has 0 fully saturated rings. The molecule has 0 saturated heterocycles. The van der Waals surface area contributed by atoms with Crippen molar-refractivity contribution in [1.82, 2.24) is 0 Å². The van der Waals surface area contributed by atoms with Crippen LogP contribution in [0.25, 0.3) is 11.1 Å². The van der Waals surface area contributed by atoms with Crippen LogP contribution in [0.1, 0.15) is 5.56 Å². The second-order valence-corrected chi connectivity index (χ2v) is 5.12. The van der Waals surface area contributed by atoms with Crippen molar-refractivity contribution in [2.45, 2.75) is 6.61 Å². The minimum atomic E-state index is 0.604. The van der Waals surface area contributed by atoms with Crippen LogP contribution in [0.15, 0.2) is 78.9 Å². The van der Waals surface area contributed by atoms with Crippen LogP contribution in [-0.4, -0.2) is 7.85 Å². The largest absolute Gasteiger partial charge is 0.490 e. The molecule has 0 bridgehead atoms. The van der Waals surface area contributed by atoms with Crippen molar-refractivity contribution in [2.75, 3.05) is 0 Å². The van der Waals surface area contributed by atoms with Crippen molar-refractivity contribution in [1.29, 1.82) is 0 Å². The van der Waals surface area contributed by atoms with E-state index in [9.17, 15) is 0 Å². The first-order valence-electron chi connectivity index (χ1n) is 7.16. The second-order valence-electron chi connectivity index (χ2n) is 5.12. The molecule has 3 aromatic carbocycles. The molecule has 102 valence electrons. The summed E-state index contributed by atoms with van der Waals surface area (Å²) in [7, 11) is 2.09. The van der Waals surface area contributed by atoms with Crippen LogP contribution >= 0.6 is 0 Å². The summed E-state index contributed by atoms with van der Waals surface area (Å²) in [5.74, 6) is 0.943. The molecule has 3 rings (SSSR count). The van der Waals surface area contributed by atoms with Gasteiger partial charge < -0.3 is 4.74 Å². The minimum absolute atomic E-state index is 0.604. The molecule has 0 aliphatic carbocycles. The van der Waals surface area contributed by atoms with Gasteiger partial charge in [-0.25, -0.2) is 0 Å². The van der Waals surface area contributed by atoms with Crippen LogP contribution in [0, 0.1) is 0 Å². The fraction of sp³-hybridized carbons (Fsp3) is 0.0526. The van der Waals surface area contributed by atoms with Gasteiger partial charge in [-0.05, 0) is 28.2 Å². The summed E-state index contributed by atoms with van der Waals surface area (Å²) >= 11 is 0. The number of hydrogen-bond acceptors (Lipinski definition) is 1. The van der Waals surface area contributed by atoms with Crippen molar-refractivity contribution in [2.24, 2.45) is 0 Å². The highest BCUT2D eigenvalue weighted by molar-refractivity contribution is 6.34. The molecule has 1 nitrogen and oxygen atoms in total. The zero-order valence-corrected chi connectivity index (χ0v) is 12.1. The lowest BCUT2D eigenvalue weighted by molar-refractivity contribution is 0.309. The first kappa shape index (κ1) is 13.5. The lowest BCUT2D eigenvalue weighted by Crippen LogP contribution is -2.09. The maximum absolute atomic E-state index is 5.91. The smallest absolute Gasteiger partial charge is 0.144 e. The van der Waals surface area contributed by atoms with Crippen LogP contribution in [0.4, 0.5) is 0 Å². The van der Waals surface area contributed by atoms with Gasteiger partial charge in [-0.3, -0.25) is 0 Å². The zero-order chi connectivity index (χ0) is 14.5. The Bertz CT molecular complexity index is 708. The van der Waals surface area contributed by atoms with Crippen molar-refractivity contribution in [3.8, 4) is 16.9 Å². The molecule has 0 aromatic heterocycles. The molecular formula is C19H17BO. The maximum atomic E-state index is 5.91. The summed E-state index contributed by atoms with van der Waals surface area (Å²) in [5.41, 5.74) is 4.80. The Balaban J connectivity index is 1.76. The SMILES string of the molecule is Bc1cc(-c2ccccc2)ccc1OCc1ccccc1. The third kappa shape index (κ3) is 3.35. The van der Waals surface area contributed by atoms with E-state index in [-0.39, 0.29) is 0 Å². The molecule has 0 saturated carbocycles. The van der Waals surface area contributed by atoms with Crippen LogP contribution in [0.3, 0.4) is 0 Å². The number of ether oxygens (including phenoxy) is 1. The van der Waals surface area contributed by atoms with Gasteiger partial charge in [-0.1, -0.05) is 72.8 Å². The fourth-order valence-corrected chi connectivity index (χ4v) is 2.36. The average molecular weight is 272 g/mol. The summed E-state index contributed by atoms with van der Waals surface area (Å²) in [6.45, 7) is 0.604. The monoisotopic (exact) mass is 272 g/mol. The predicted molar refractivity (Wildman–Crippen MR) is 90.8 cm³/mol. The highest BCUT2D eigenvalue weighted by atomic mass is 16.5. The average Bonchev–Trinajstić information content (AvgIpc) is 2.55.